The highest BCUT2D eigenvalue weighted by Crippen LogP contribution is 2.20. The molecule has 0 aromatic heterocycles. The third-order valence-corrected chi connectivity index (χ3v) is 2.20. The molecule has 0 spiro atoms. The average Bonchev–Trinajstić information content (AvgIpc) is 2.01. The summed E-state index contributed by atoms with van der Waals surface area (Å²) < 4.78 is 0. The maximum absolute atomic E-state index is 9.26. The molecule has 0 saturated carbocycles. The summed E-state index contributed by atoms with van der Waals surface area (Å²) in [6.07, 6.45) is 0.285. The predicted octanol–water partition coefficient (Wildman–Crippen LogP) is 3.30. The first-order valence-corrected chi connectivity index (χ1v) is 5.00. The number of rotatable bonds is 3. The molecule has 0 aliphatic heterocycles. The SMILES string of the molecule is C=C(C)c1cc(Cl)cc(CC(C)O)c1. The Morgan fingerprint density at radius 2 is 2.14 bits per heavy atom. The second kappa shape index (κ2) is 4.63. The van der Waals surface area contributed by atoms with Crippen LogP contribution in [0, 0.1) is 0 Å². The molecule has 0 amide bonds. The Hall–Kier alpha value is -0.790. The Kier molecular flexibility index (Phi) is 3.73. The molecule has 0 aliphatic rings. The zero-order valence-corrected chi connectivity index (χ0v) is 9.30. The van der Waals surface area contributed by atoms with E-state index in [-0.39, 0.29) is 6.10 Å². The van der Waals surface area contributed by atoms with Crippen molar-refractivity contribution >= 4 is 17.2 Å². The van der Waals surface area contributed by atoms with Crippen LogP contribution in [0.3, 0.4) is 0 Å². The van der Waals surface area contributed by atoms with Crippen LogP contribution in [0.2, 0.25) is 5.02 Å². The summed E-state index contributed by atoms with van der Waals surface area (Å²) in [4.78, 5) is 0. The molecule has 0 radical (unpaired) electrons. The number of hydrogen-bond donors (Lipinski definition) is 1. The Morgan fingerprint density at radius 3 is 2.64 bits per heavy atom. The van der Waals surface area contributed by atoms with Crippen molar-refractivity contribution in [2.75, 3.05) is 0 Å². The Balaban J connectivity index is 3.01. The fourth-order valence-corrected chi connectivity index (χ4v) is 1.61. The molecule has 1 nitrogen and oxygen atoms in total. The molecule has 1 N–H and O–H groups in total. The maximum atomic E-state index is 9.26. The lowest BCUT2D eigenvalue weighted by Gasteiger charge is -2.08. The summed E-state index contributed by atoms with van der Waals surface area (Å²) in [7, 11) is 0. The zero-order valence-electron chi connectivity index (χ0n) is 8.55. The van der Waals surface area contributed by atoms with Crippen molar-refractivity contribution in [1.29, 1.82) is 0 Å². The van der Waals surface area contributed by atoms with Gasteiger partial charge >= 0.3 is 0 Å². The predicted molar refractivity (Wildman–Crippen MR) is 61.5 cm³/mol. The lowest BCUT2D eigenvalue weighted by atomic mass is 10.0. The molecule has 1 aromatic carbocycles. The summed E-state index contributed by atoms with van der Waals surface area (Å²) in [6.45, 7) is 7.57. The minimum Gasteiger partial charge on any atom is -0.393 e. The summed E-state index contributed by atoms with van der Waals surface area (Å²) in [5, 5.41) is 9.96. The Morgan fingerprint density at radius 1 is 1.50 bits per heavy atom. The molecule has 1 atom stereocenters. The monoisotopic (exact) mass is 210 g/mol. The molecule has 0 saturated heterocycles. The highest BCUT2D eigenvalue weighted by molar-refractivity contribution is 6.30. The molecular weight excluding hydrogens is 196 g/mol. The molecule has 14 heavy (non-hydrogen) atoms. The summed E-state index contributed by atoms with van der Waals surface area (Å²) in [5.74, 6) is 0. The lowest BCUT2D eigenvalue weighted by molar-refractivity contribution is 0.195. The van der Waals surface area contributed by atoms with Gasteiger partial charge in [0, 0.05) is 5.02 Å². The second-order valence-corrected chi connectivity index (χ2v) is 4.12. The van der Waals surface area contributed by atoms with Crippen LogP contribution < -0.4 is 0 Å². The van der Waals surface area contributed by atoms with Crippen LogP contribution in [-0.2, 0) is 6.42 Å². The van der Waals surface area contributed by atoms with Crippen molar-refractivity contribution in [3.05, 3.63) is 40.9 Å². The van der Waals surface area contributed by atoms with Gasteiger partial charge in [-0.05, 0) is 43.5 Å². The van der Waals surface area contributed by atoms with Gasteiger partial charge in [0.15, 0.2) is 0 Å². The van der Waals surface area contributed by atoms with Crippen molar-refractivity contribution in [3.8, 4) is 0 Å². The molecular formula is C12H15ClO. The fraction of sp³-hybridized carbons (Fsp3) is 0.333. The van der Waals surface area contributed by atoms with E-state index in [4.69, 9.17) is 11.6 Å². The van der Waals surface area contributed by atoms with Crippen LogP contribution in [0.5, 0.6) is 0 Å². The molecule has 76 valence electrons. The largest absolute Gasteiger partial charge is 0.393 e. The number of hydrogen-bond acceptors (Lipinski definition) is 1. The second-order valence-electron chi connectivity index (χ2n) is 3.68. The van der Waals surface area contributed by atoms with E-state index in [1.807, 2.05) is 25.1 Å². The van der Waals surface area contributed by atoms with Crippen molar-refractivity contribution in [2.24, 2.45) is 0 Å². The number of benzene rings is 1. The molecule has 0 heterocycles. The molecule has 1 rings (SSSR count). The van der Waals surface area contributed by atoms with Gasteiger partial charge in [-0.15, -0.1) is 0 Å². The summed E-state index contributed by atoms with van der Waals surface area (Å²) >= 11 is 5.95. The van der Waals surface area contributed by atoms with Gasteiger partial charge < -0.3 is 5.11 Å². The van der Waals surface area contributed by atoms with Crippen molar-refractivity contribution in [1.82, 2.24) is 0 Å². The van der Waals surface area contributed by atoms with E-state index in [9.17, 15) is 5.11 Å². The average molecular weight is 211 g/mol. The van der Waals surface area contributed by atoms with Crippen molar-refractivity contribution in [2.45, 2.75) is 26.4 Å². The first-order valence-electron chi connectivity index (χ1n) is 4.62. The lowest BCUT2D eigenvalue weighted by Crippen LogP contribution is -2.04. The van der Waals surface area contributed by atoms with Gasteiger partial charge in [-0.2, -0.15) is 0 Å². The normalized spacial score (nSPS) is 12.6. The Labute approximate surface area is 90.0 Å². The van der Waals surface area contributed by atoms with Crippen LogP contribution in [0.15, 0.2) is 24.8 Å². The smallest absolute Gasteiger partial charge is 0.0552 e. The maximum Gasteiger partial charge on any atom is 0.0552 e. The minimum absolute atomic E-state index is 0.341. The standard InChI is InChI=1S/C12H15ClO/c1-8(2)11-5-10(4-9(3)14)6-12(13)7-11/h5-7,9,14H,1,4H2,2-3H3. The van der Waals surface area contributed by atoms with Crippen molar-refractivity contribution < 1.29 is 5.11 Å². The van der Waals surface area contributed by atoms with Crippen LogP contribution in [0.25, 0.3) is 5.57 Å². The van der Waals surface area contributed by atoms with E-state index in [2.05, 4.69) is 6.58 Å². The van der Waals surface area contributed by atoms with Gasteiger partial charge in [-0.1, -0.05) is 29.8 Å². The number of aliphatic hydroxyl groups is 1. The van der Waals surface area contributed by atoms with Crippen LogP contribution in [0.1, 0.15) is 25.0 Å². The van der Waals surface area contributed by atoms with Gasteiger partial charge in [-0.25, -0.2) is 0 Å². The minimum atomic E-state index is -0.341. The molecule has 2 heteroatoms. The molecule has 1 unspecified atom stereocenters. The van der Waals surface area contributed by atoms with Crippen LogP contribution in [-0.4, -0.2) is 11.2 Å². The third-order valence-electron chi connectivity index (χ3n) is 1.98. The van der Waals surface area contributed by atoms with Crippen LogP contribution in [0.4, 0.5) is 0 Å². The molecule has 1 aromatic rings. The van der Waals surface area contributed by atoms with Gasteiger partial charge in [0.2, 0.25) is 0 Å². The van der Waals surface area contributed by atoms with E-state index in [1.165, 1.54) is 0 Å². The quantitative estimate of drug-likeness (QED) is 0.812. The highest BCUT2D eigenvalue weighted by Gasteiger charge is 2.03. The van der Waals surface area contributed by atoms with Crippen LogP contribution >= 0.6 is 11.6 Å². The van der Waals surface area contributed by atoms with Gasteiger partial charge in [0.25, 0.3) is 0 Å². The van der Waals surface area contributed by atoms with Gasteiger partial charge in [0.1, 0.15) is 0 Å². The number of aliphatic hydroxyl groups excluding tert-OH is 1. The molecule has 0 fully saturated rings. The number of allylic oxidation sites excluding steroid dienone is 1. The summed E-state index contributed by atoms with van der Waals surface area (Å²) in [5.41, 5.74) is 3.07. The molecule has 0 bridgehead atoms. The Bertz CT molecular complexity index is 342. The molecule has 0 aliphatic carbocycles. The third kappa shape index (κ3) is 3.17. The fourth-order valence-electron chi connectivity index (χ4n) is 1.36. The first kappa shape index (κ1) is 11.3. The van der Waals surface area contributed by atoms with E-state index >= 15 is 0 Å². The van der Waals surface area contributed by atoms with E-state index in [1.54, 1.807) is 6.92 Å². The van der Waals surface area contributed by atoms with E-state index < -0.39 is 0 Å². The number of halogens is 1. The van der Waals surface area contributed by atoms with Gasteiger partial charge in [-0.3, -0.25) is 0 Å². The highest BCUT2D eigenvalue weighted by atomic mass is 35.5. The van der Waals surface area contributed by atoms with Gasteiger partial charge in [0.05, 0.1) is 6.10 Å². The van der Waals surface area contributed by atoms with E-state index in [0.29, 0.717) is 11.4 Å². The van der Waals surface area contributed by atoms with Crippen molar-refractivity contribution in [3.63, 3.8) is 0 Å². The first-order chi connectivity index (χ1) is 6.49. The topological polar surface area (TPSA) is 20.2 Å². The zero-order chi connectivity index (χ0) is 10.7. The summed E-state index contributed by atoms with van der Waals surface area (Å²) in [6, 6.07) is 5.77. The van der Waals surface area contributed by atoms with E-state index in [0.717, 1.165) is 16.7 Å².